The van der Waals surface area contributed by atoms with Gasteiger partial charge in [-0.15, -0.1) is 0 Å². The van der Waals surface area contributed by atoms with Gasteiger partial charge in [0.15, 0.2) is 5.82 Å². The summed E-state index contributed by atoms with van der Waals surface area (Å²) in [6, 6.07) is 0. The molecule has 0 bridgehead atoms. The van der Waals surface area contributed by atoms with Crippen molar-refractivity contribution < 1.29 is 4.74 Å². The van der Waals surface area contributed by atoms with E-state index < -0.39 is 0 Å². The molecular weight excluding hydrogens is 249 g/mol. The van der Waals surface area contributed by atoms with Crippen LogP contribution in [0.1, 0.15) is 13.8 Å². The maximum absolute atomic E-state index is 6.03. The molecule has 4 nitrogen and oxygen atoms in total. The van der Waals surface area contributed by atoms with Crippen LogP contribution < -0.4 is 4.90 Å². The predicted molar refractivity (Wildman–Crippen MR) is 66.4 cm³/mol. The zero-order valence-electron chi connectivity index (χ0n) is 9.57. The van der Waals surface area contributed by atoms with Crippen molar-refractivity contribution >= 4 is 29.0 Å². The number of hydrogen-bond donors (Lipinski definition) is 0. The first kappa shape index (κ1) is 13.5. The van der Waals surface area contributed by atoms with Gasteiger partial charge in [-0.1, -0.05) is 11.6 Å². The molecule has 1 aromatic heterocycles. The van der Waals surface area contributed by atoms with Crippen LogP contribution in [0.15, 0.2) is 6.20 Å². The Kier molecular flexibility index (Phi) is 5.25. The summed E-state index contributed by atoms with van der Waals surface area (Å²) in [6.07, 6.45) is 1.61. The van der Waals surface area contributed by atoms with Gasteiger partial charge in [0.05, 0.1) is 12.3 Å². The van der Waals surface area contributed by atoms with Gasteiger partial charge in [-0.2, -0.15) is 4.98 Å². The topological polar surface area (TPSA) is 38.2 Å². The Morgan fingerprint density at radius 1 is 1.50 bits per heavy atom. The van der Waals surface area contributed by atoms with Crippen molar-refractivity contribution in [3.05, 3.63) is 16.5 Å². The summed E-state index contributed by atoms with van der Waals surface area (Å²) in [5.74, 6) is 0.646. The molecular formula is C10H15Cl2N3O. The third kappa shape index (κ3) is 3.47. The van der Waals surface area contributed by atoms with Crippen LogP contribution in [-0.2, 0) is 4.74 Å². The van der Waals surface area contributed by atoms with Crippen molar-refractivity contribution in [3.8, 4) is 0 Å². The van der Waals surface area contributed by atoms with Crippen LogP contribution in [0.5, 0.6) is 0 Å². The lowest BCUT2D eigenvalue weighted by molar-refractivity contribution is 0.123. The Labute approximate surface area is 106 Å². The summed E-state index contributed by atoms with van der Waals surface area (Å²) >= 11 is 11.8. The SMILES string of the molecule is CCN(C[C@H](C)OC)c1nc(Cl)ncc1Cl. The molecule has 0 unspecified atom stereocenters. The van der Waals surface area contributed by atoms with Crippen molar-refractivity contribution in [2.45, 2.75) is 20.0 Å². The van der Waals surface area contributed by atoms with E-state index in [1.807, 2.05) is 18.7 Å². The van der Waals surface area contributed by atoms with E-state index in [2.05, 4.69) is 9.97 Å². The molecule has 16 heavy (non-hydrogen) atoms. The fourth-order valence-corrected chi connectivity index (χ4v) is 1.65. The molecule has 90 valence electrons. The molecule has 0 aliphatic heterocycles. The zero-order valence-corrected chi connectivity index (χ0v) is 11.1. The second kappa shape index (κ2) is 6.23. The Morgan fingerprint density at radius 3 is 2.75 bits per heavy atom. The average molecular weight is 264 g/mol. The minimum absolute atomic E-state index is 0.102. The second-order valence-electron chi connectivity index (χ2n) is 3.40. The van der Waals surface area contributed by atoms with Gasteiger partial charge in [-0.25, -0.2) is 4.98 Å². The molecule has 0 spiro atoms. The summed E-state index contributed by atoms with van der Waals surface area (Å²) in [6.45, 7) is 5.49. The average Bonchev–Trinajstić information content (AvgIpc) is 2.29. The number of nitrogens with zero attached hydrogens (tertiary/aromatic N) is 3. The predicted octanol–water partition coefficient (Wildman–Crippen LogP) is 2.64. The first-order valence-electron chi connectivity index (χ1n) is 5.04. The molecule has 1 heterocycles. The minimum Gasteiger partial charge on any atom is -0.380 e. The van der Waals surface area contributed by atoms with Crippen LogP contribution >= 0.6 is 23.2 Å². The molecule has 1 rings (SSSR count). The van der Waals surface area contributed by atoms with Crippen LogP contribution in [0.4, 0.5) is 5.82 Å². The molecule has 0 amide bonds. The minimum atomic E-state index is 0.102. The lowest BCUT2D eigenvalue weighted by Crippen LogP contribution is -2.32. The van der Waals surface area contributed by atoms with Crippen molar-refractivity contribution in [3.63, 3.8) is 0 Å². The van der Waals surface area contributed by atoms with E-state index in [1.165, 1.54) is 6.20 Å². The highest BCUT2D eigenvalue weighted by Crippen LogP contribution is 2.23. The van der Waals surface area contributed by atoms with Gasteiger partial charge in [0, 0.05) is 20.2 Å². The fourth-order valence-electron chi connectivity index (χ4n) is 1.31. The number of methoxy groups -OCH3 is 1. The van der Waals surface area contributed by atoms with Crippen LogP contribution in [0, 0.1) is 0 Å². The number of aromatic nitrogens is 2. The van der Waals surface area contributed by atoms with Gasteiger partial charge in [-0.05, 0) is 25.4 Å². The van der Waals surface area contributed by atoms with Gasteiger partial charge in [0.2, 0.25) is 5.28 Å². The van der Waals surface area contributed by atoms with Gasteiger partial charge >= 0.3 is 0 Å². The van der Waals surface area contributed by atoms with E-state index in [9.17, 15) is 0 Å². The molecule has 1 aromatic rings. The van der Waals surface area contributed by atoms with Crippen LogP contribution in [0.2, 0.25) is 10.3 Å². The highest BCUT2D eigenvalue weighted by molar-refractivity contribution is 6.33. The van der Waals surface area contributed by atoms with E-state index in [0.717, 1.165) is 6.54 Å². The molecule has 0 saturated heterocycles. The molecule has 0 saturated carbocycles. The molecule has 0 N–H and O–H groups in total. The molecule has 0 fully saturated rings. The largest absolute Gasteiger partial charge is 0.380 e. The Bertz CT molecular complexity index is 349. The quantitative estimate of drug-likeness (QED) is 0.766. The third-order valence-corrected chi connectivity index (χ3v) is 2.71. The van der Waals surface area contributed by atoms with Crippen molar-refractivity contribution in [2.75, 3.05) is 25.1 Å². The van der Waals surface area contributed by atoms with Crippen molar-refractivity contribution in [1.29, 1.82) is 0 Å². The normalized spacial score (nSPS) is 12.6. The summed E-state index contributed by atoms with van der Waals surface area (Å²) < 4.78 is 5.21. The number of rotatable bonds is 5. The fraction of sp³-hybridized carbons (Fsp3) is 0.600. The smallest absolute Gasteiger partial charge is 0.224 e. The molecule has 0 aliphatic rings. The van der Waals surface area contributed by atoms with E-state index in [0.29, 0.717) is 17.4 Å². The van der Waals surface area contributed by atoms with E-state index in [-0.39, 0.29) is 11.4 Å². The molecule has 6 heteroatoms. The molecule has 0 aliphatic carbocycles. The summed E-state index contributed by atoms with van der Waals surface area (Å²) in [5, 5.41) is 0.692. The molecule has 1 atom stereocenters. The maximum atomic E-state index is 6.03. The van der Waals surface area contributed by atoms with E-state index in [1.54, 1.807) is 7.11 Å². The molecule has 0 aromatic carbocycles. The highest BCUT2D eigenvalue weighted by atomic mass is 35.5. The monoisotopic (exact) mass is 263 g/mol. The van der Waals surface area contributed by atoms with Crippen molar-refractivity contribution in [2.24, 2.45) is 0 Å². The third-order valence-electron chi connectivity index (χ3n) is 2.26. The van der Waals surface area contributed by atoms with Crippen LogP contribution in [0.3, 0.4) is 0 Å². The Hall–Kier alpha value is -0.580. The number of anilines is 1. The van der Waals surface area contributed by atoms with E-state index in [4.69, 9.17) is 27.9 Å². The van der Waals surface area contributed by atoms with Crippen molar-refractivity contribution in [1.82, 2.24) is 9.97 Å². The van der Waals surface area contributed by atoms with Crippen LogP contribution in [0.25, 0.3) is 0 Å². The zero-order chi connectivity index (χ0) is 12.1. The Morgan fingerprint density at radius 2 is 2.19 bits per heavy atom. The number of ether oxygens (including phenoxy) is 1. The number of hydrogen-bond acceptors (Lipinski definition) is 4. The number of likely N-dealkylation sites (N-methyl/N-ethyl adjacent to an activating group) is 1. The molecule has 0 radical (unpaired) electrons. The van der Waals surface area contributed by atoms with Gasteiger partial charge < -0.3 is 9.64 Å². The van der Waals surface area contributed by atoms with E-state index >= 15 is 0 Å². The first-order valence-corrected chi connectivity index (χ1v) is 5.79. The maximum Gasteiger partial charge on any atom is 0.224 e. The summed E-state index contributed by atoms with van der Waals surface area (Å²) in [4.78, 5) is 9.95. The highest BCUT2D eigenvalue weighted by Gasteiger charge is 2.14. The Balaban J connectivity index is 2.89. The standard InChI is InChI=1S/C10H15Cl2N3O/c1-4-15(6-7(2)16-3)9-8(11)5-13-10(12)14-9/h5,7H,4,6H2,1-3H3/t7-/m0/s1. The summed E-state index contributed by atoms with van der Waals surface area (Å²) in [5.41, 5.74) is 0. The van der Waals surface area contributed by atoms with Crippen LogP contribution in [-0.4, -0.2) is 36.3 Å². The lowest BCUT2D eigenvalue weighted by atomic mass is 10.3. The van der Waals surface area contributed by atoms with Gasteiger partial charge in [0.1, 0.15) is 5.02 Å². The first-order chi connectivity index (χ1) is 7.58. The lowest BCUT2D eigenvalue weighted by Gasteiger charge is -2.25. The van der Waals surface area contributed by atoms with Gasteiger partial charge in [-0.3, -0.25) is 0 Å². The second-order valence-corrected chi connectivity index (χ2v) is 4.14. The van der Waals surface area contributed by atoms with Gasteiger partial charge in [0.25, 0.3) is 0 Å². The summed E-state index contributed by atoms with van der Waals surface area (Å²) in [7, 11) is 1.67. The number of halogens is 2.